The van der Waals surface area contributed by atoms with E-state index in [1.54, 1.807) is 6.08 Å². The summed E-state index contributed by atoms with van der Waals surface area (Å²) in [5.74, 6) is -1.25. The van der Waals surface area contributed by atoms with Crippen LogP contribution in [0.1, 0.15) is 233 Å². The van der Waals surface area contributed by atoms with E-state index in [1.165, 1.54) is 77.0 Å². The summed E-state index contributed by atoms with van der Waals surface area (Å²) in [6.07, 6.45) is 61.3. The van der Waals surface area contributed by atoms with Crippen LogP contribution in [0.25, 0.3) is 0 Å². The third-order valence-corrected chi connectivity index (χ3v) is 13.8. The number of carbonyl (C=O) groups is 2. The van der Waals surface area contributed by atoms with E-state index in [2.05, 4.69) is 80.8 Å². The Morgan fingerprint density at radius 3 is 1.55 bits per heavy atom. The number of allylic oxidation sites excluding steroid dienone is 17. The van der Waals surface area contributed by atoms with Gasteiger partial charge in [-0.25, -0.2) is 0 Å². The Bertz CT molecular complexity index is 1660. The lowest BCUT2D eigenvalue weighted by Gasteiger charge is -2.41. The van der Waals surface area contributed by atoms with Gasteiger partial charge in [0, 0.05) is 6.42 Å². The number of aliphatic hydroxyl groups is 5. The Kier molecular flexibility index (Phi) is 49.1. The fraction of sp³-hybridized carbons (Fsp3) is 0.697. The molecule has 11 nitrogen and oxygen atoms in total. The molecule has 1 aliphatic heterocycles. The van der Waals surface area contributed by atoms with Crippen LogP contribution < -0.4 is 5.32 Å². The van der Waals surface area contributed by atoms with Crippen LogP contribution in [-0.4, -0.2) is 99.6 Å². The predicted molar refractivity (Wildman–Crippen MR) is 319 cm³/mol. The molecule has 1 aliphatic rings. The fourth-order valence-corrected chi connectivity index (χ4v) is 8.88. The highest BCUT2D eigenvalue weighted by atomic mass is 16.7. The zero-order valence-electron chi connectivity index (χ0n) is 48.5. The maximum atomic E-state index is 13.4. The molecule has 0 aromatic heterocycles. The molecule has 1 saturated heterocycles. The van der Waals surface area contributed by atoms with Gasteiger partial charge in [-0.05, 0) is 89.9 Å². The summed E-state index contributed by atoms with van der Waals surface area (Å²) in [6.45, 7) is 5.57. The monoisotopic (exact) mass is 1080 g/mol. The van der Waals surface area contributed by atoms with Crippen molar-refractivity contribution in [3.05, 3.63) is 109 Å². The van der Waals surface area contributed by atoms with E-state index in [0.717, 1.165) is 109 Å². The number of hydrogen-bond donors (Lipinski definition) is 6. The van der Waals surface area contributed by atoms with Gasteiger partial charge in [0.1, 0.15) is 24.4 Å². The SMILES string of the molecule is CC/C=C/C=C/C=C\C=C/CCCCC(O)C(=O)NC(COC1OC(CO)C(O)C(O)C1OC(=O)CCCCCCCCC/C=C\C/C=C\C/C=C\C/C=C\CCCCC)C(O)/C=C/CCCCCCCCCCCCC. The Balaban J connectivity index is 2.68. The lowest BCUT2D eigenvalue weighted by molar-refractivity contribution is -0.305. The van der Waals surface area contributed by atoms with E-state index in [1.807, 2.05) is 48.6 Å². The number of nitrogens with one attached hydrogen (secondary N) is 1. The minimum atomic E-state index is -1.63. The zero-order valence-corrected chi connectivity index (χ0v) is 48.5. The number of unbranched alkanes of at least 4 members (excludes halogenated alkanes) is 23. The highest BCUT2D eigenvalue weighted by molar-refractivity contribution is 5.80. The number of hydrogen-bond acceptors (Lipinski definition) is 10. The Morgan fingerprint density at radius 1 is 0.532 bits per heavy atom. The van der Waals surface area contributed by atoms with Gasteiger partial charge in [-0.3, -0.25) is 9.59 Å². The van der Waals surface area contributed by atoms with Crippen molar-refractivity contribution in [3.63, 3.8) is 0 Å². The van der Waals surface area contributed by atoms with Gasteiger partial charge < -0.3 is 45.1 Å². The number of carbonyl (C=O) groups excluding carboxylic acids is 2. The summed E-state index contributed by atoms with van der Waals surface area (Å²) < 4.78 is 17.6. The number of esters is 1. The minimum absolute atomic E-state index is 0.100. The first kappa shape index (κ1) is 71.3. The lowest BCUT2D eigenvalue weighted by Crippen LogP contribution is -2.61. The highest BCUT2D eigenvalue weighted by Gasteiger charge is 2.47. The molecule has 440 valence electrons. The quantitative estimate of drug-likeness (QED) is 0.0149. The number of rotatable bonds is 50. The summed E-state index contributed by atoms with van der Waals surface area (Å²) in [5, 5.41) is 56.9. The Hall–Kier alpha value is -3.68. The molecular weight excluding hydrogens is 967 g/mol. The average Bonchev–Trinajstić information content (AvgIpc) is 3.43. The number of amides is 1. The largest absolute Gasteiger partial charge is 0.454 e. The van der Waals surface area contributed by atoms with E-state index < -0.39 is 67.4 Å². The summed E-state index contributed by atoms with van der Waals surface area (Å²) in [7, 11) is 0. The van der Waals surface area contributed by atoms with Crippen LogP contribution in [0.5, 0.6) is 0 Å². The summed E-state index contributed by atoms with van der Waals surface area (Å²) in [5.41, 5.74) is 0. The first-order chi connectivity index (χ1) is 37.7. The molecule has 6 N–H and O–H groups in total. The van der Waals surface area contributed by atoms with Crippen LogP contribution in [0.2, 0.25) is 0 Å². The summed E-state index contributed by atoms with van der Waals surface area (Å²) in [6, 6.07) is -1.05. The Morgan fingerprint density at radius 2 is 0.987 bits per heavy atom. The average molecular weight is 1080 g/mol. The third kappa shape index (κ3) is 41.1. The van der Waals surface area contributed by atoms with Crippen molar-refractivity contribution in [2.45, 2.75) is 282 Å². The topological polar surface area (TPSA) is 175 Å². The van der Waals surface area contributed by atoms with E-state index in [-0.39, 0.29) is 19.4 Å². The van der Waals surface area contributed by atoms with E-state index in [0.29, 0.717) is 12.8 Å². The van der Waals surface area contributed by atoms with Gasteiger partial charge in [-0.1, -0.05) is 246 Å². The van der Waals surface area contributed by atoms with Crippen molar-refractivity contribution in [2.75, 3.05) is 13.2 Å². The van der Waals surface area contributed by atoms with Crippen molar-refractivity contribution < 1.29 is 49.3 Å². The molecule has 0 spiro atoms. The van der Waals surface area contributed by atoms with Crippen LogP contribution >= 0.6 is 0 Å². The molecule has 11 heteroatoms. The van der Waals surface area contributed by atoms with Crippen LogP contribution in [0.4, 0.5) is 0 Å². The van der Waals surface area contributed by atoms with Gasteiger partial charge in [-0.2, -0.15) is 0 Å². The molecule has 1 heterocycles. The molecule has 8 atom stereocenters. The normalized spacial score (nSPS) is 19.8. The molecule has 8 unspecified atom stereocenters. The van der Waals surface area contributed by atoms with E-state index in [9.17, 15) is 35.1 Å². The number of ether oxygens (including phenoxy) is 3. The molecule has 0 aromatic carbocycles. The second-order valence-corrected chi connectivity index (χ2v) is 20.8. The molecular formula is C66H111NO10. The third-order valence-electron chi connectivity index (χ3n) is 13.8. The van der Waals surface area contributed by atoms with Crippen LogP contribution in [0.15, 0.2) is 109 Å². The summed E-state index contributed by atoms with van der Waals surface area (Å²) in [4.78, 5) is 26.5. The van der Waals surface area contributed by atoms with E-state index in [4.69, 9.17) is 14.2 Å². The van der Waals surface area contributed by atoms with Crippen molar-refractivity contribution in [1.29, 1.82) is 0 Å². The Labute approximate surface area is 468 Å². The van der Waals surface area contributed by atoms with Crippen LogP contribution in [0.3, 0.4) is 0 Å². The summed E-state index contributed by atoms with van der Waals surface area (Å²) >= 11 is 0. The van der Waals surface area contributed by atoms with Crippen molar-refractivity contribution in [3.8, 4) is 0 Å². The maximum Gasteiger partial charge on any atom is 0.306 e. The molecule has 1 fully saturated rings. The molecule has 0 bridgehead atoms. The molecule has 0 aliphatic carbocycles. The van der Waals surface area contributed by atoms with Gasteiger partial charge in [0.05, 0.1) is 25.4 Å². The molecule has 1 rings (SSSR count). The van der Waals surface area contributed by atoms with Gasteiger partial charge in [0.15, 0.2) is 12.4 Å². The standard InChI is InChI=1S/C66H111NO10/c1-4-7-10-13-16-19-22-25-26-27-28-29-30-31-32-33-34-36-39-42-45-48-51-54-61(71)77-64-63(73)62(72)60(55-68)76-66(64)75-56-57(58(69)52-49-46-43-40-38-35-23-20-17-14-11-8-5-2)67-65(74)59(70)53-50-47-44-41-37-24-21-18-15-12-9-6-3/h9,12,15-16,18-19,21,24-26,28-29,31-32,37,41,49,52,57-60,62-64,66,68-70,72-73H,4-8,10-11,13-14,17,20,22-23,27,30,33-36,38-40,42-48,50-51,53-56H2,1-3H3,(H,67,74)/b12-9+,18-15+,19-16-,24-21-,26-25-,29-28-,32-31-,41-37-,52-49+. The molecule has 77 heavy (non-hydrogen) atoms. The first-order valence-electron chi connectivity index (χ1n) is 30.7. The lowest BCUT2D eigenvalue weighted by atomic mass is 9.99. The van der Waals surface area contributed by atoms with Gasteiger partial charge >= 0.3 is 5.97 Å². The molecule has 0 radical (unpaired) electrons. The molecule has 0 aromatic rings. The van der Waals surface area contributed by atoms with Crippen molar-refractivity contribution >= 4 is 11.9 Å². The molecule has 1 amide bonds. The van der Waals surface area contributed by atoms with Gasteiger partial charge in [0.2, 0.25) is 5.91 Å². The minimum Gasteiger partial charge on any atom is -0.454 e. The predicted octanol–water partition coefficient (Wildman–Crippen LogP) is 14.5. The molecule has 0 saturated carbocycles. The fourth-order valence-electron chi connectivity index (χ4n) is 8.88. The number of aliphatic hydroxyl groups excluding tert-OH is 5. The smallest absolute Gasteiger partial charge is 0.306 e. The van der Waals surface area contributed by atoms with Crippen LogP contribution in [-0.2, 0) is 23.8 Å². The van der Waals surface area contributed by atoms with E-state index >= 15 is 0 Å². The van der Waals surface area contributed by atoms with Gasteiger partial charge in [-0.15, -0.1) is 0 Å². The van der Waals surface area contributed by atoms with Gasteiger partial charge in [0.25, 0.3) is 0 Å². The zero-order chi connectivity index (χ0) is 56.1. The van der Waals surface area contributed by atoms with Crippen molar-refractivity contribution in [2.24, 2.45) is 0 Å². The second kappa shape index (κ2) is 53.0. The van der Waals surface area contributed by atoms with Crippen LogP contribution in [0, 0.1) is 0 Å². The first-order valence-corrected chi connectivity index (χ1v) is 30.7. The maximum absolute atomic E-state index is 13.4. The second-order valence-electron chi connectivity index (χ2n) is 20.8. The highest BCUT2D eigenvalue weighted by Crippen LogP contribution is 2.26. The van der Waals surface area contributed by atoms with Crippen molar-refractivity contribution in [1.82, 2.24) is 5.32 Å².